The first-order valence-electron chi connectivity index (χ1n) is 6.66. The molecule has 0 radical (unpaired) electrons. The van der Waals surface area contributed by atoms with Crippen LogP contribution in [-0.4, -0.2) is 23.1 Å². The molecular formula is C13H19F3N4. The molecular weight excluding hydrogens is 269 g/mol. The van der Waals surface area contributed by atoms with Crippen LogP contribution in [0, 0.1) is 11.3 Å². The number of nitrogens with zero attached hydrogens (tertiary/aromatic N) is 2. The maximum absolute atomic E-state index is 12.7. The number of rotatable bonds is 5. The molecule has 20 heavy (non-hydrogen) atoms. The van der Waals surface area contributed by atoms with Gasteiger partial charge in [0.1, 0.15) is 11.6 Å². The third-order valence-electron chi connectivity index (χ3n) is 3.58. The number of hydrogen-bond acceptors (Lipinski definition) is 4. The van der Waals surface area contributed by atoms with Gasteiger partial charge in [0.25, 0.3) is 0 Å². The van der Waals surface area contributed by atoms with E-state index >= 15 is 0 Å². The summed E-state index contributed by atoms with van der Waals surface area (Å²) < 4.78 is 38.2. The number of hydrogen-bond donors (Lipinski definition) is 2. The zero-order chi connectivity index (χ0) is 15.0. The van der Waals surface area contributed by atoms with E-state index in [9.17, 15) is 13.2 Å². The molecule has 1 saturated carbocycles. The molecule has 4 nitrogen and oxygen atoms in total. The van der Waals surface area contributed by atoms with Crippen LogP contribution in [0.15, 0.2) is 6.07 Å². The fourth-order valence-electron chi connectivity index (χ4n) is 2.09. The van der Waals surface area contributed by atoms with Gasteiger partial charge in [-0.2, -0.15) is 13.2 Å². The van der Waals surface area contributed by atoms with E-state index in [1.165, 1.54) is 6.07 Å². The normalized spacial score (nSPS) is 20.6. The summed E-state index contributed by atoms with van der Waals surface area (Å²) in [5, 5.41) is 5.77. The summed E-state index contributed by atoms with van der Waals surface area (Å²) in [6, 6.07) is 1.51. The quantitative estimate of drug-likeness (QED) is 0.872. The Morgan fingerprint density at radius 1 is 1.25 bits per heavy atom. The first-order chi connectivity index (χ1) is 9.22. The Kier molecular flexibility index (Phi) is 3.80. The summed E-state index contributed by atoms with van der Waals surface area (Å²) in [4.78, 5) is 7.03. The van der Waals surface area contributed by atoms with E-state index in [2.05, 4.69) is 34.4 Å². The second-order valence-corrected chi connectivity index (χ2v) is 5.76. The molecule has 0 bridgehead atoms. The SMILES string of the molecule is CCNc1cc(NCC2CC2(C)C)nc(C(F)(F)F)n1. The van der Waals surface area contributed by atoms with Gasteiger partial charge in [-0.05, 0) is 24.7 Å². The molecule has 0 aliphatic heterocycles. The summed E-state index contributed by atoms with van der Waals surface area (Å²) in [6.45, 7) is 7.22. The van der Waals surface area contributed by atoms with Gasteiger partial charge in [-0.15, -0.1) is 0 Å². The van der Waals surface area contributed by atoms with Crippen LogP contribution in [0.3, 0.4) is 0 Å². The summed E-state index contributed by atoms with van der Waals surface area (Å²) in [5.41, 5.74) is 0.275. The highest BCUT2D eigenvalue weighted by atomic mass is 19.4. The Morgan fingerprint density at radius 2 is 1.80 bits per heavy atom. The molecule has 1 aromatic heterocycles. The van der Waals surface area contributed by atoms with E-state index < -0.39 is 12.0 Å². The molecule has 1 aliphatic rings. The Bertz CT molecular complexity index is 485. The zero-order valence-electron chi connectivity index (χ0n) is 11.8. The fourth-order valence-corrected chi connectivity index (χ4v) is 2.09. The molecule has 2 N–H and O–H groups in total. The number of alkyl halides is 3. The number of nitrogens with one attached hydrogen (secondary N) is 2. The highest BCUT2D eigenvalue weighted by molar-refractivity contribution is 5.48. The zero-order valence-corrected chi connectivity index (χ0v) is 11.8. The third kappa shape index (κ3) is 3.52. The van der Waals surface area contributed by atoms with Gasteiger partial charge in [-0.1, -0.05) is 13.8 Å². The van der Waals surface area contributed by atoms with E-state index in [1.807, 2.05) is 0 Å². The molecule has 0 saturated heterocycles. The van der Waals surface area contributed by atoms with Gasteiger partial charge in [-0.25, -0.2) is 9.97 Å². The molecule has 1 aromatic rings. The lowest BCUT2D eigenvalue weighted by atomic mass is 10.1. The van der Waals surface area contributed by atoms with Gasteiger partial charge in [0, 0.05) is 19.2 Å². The van der Waals surface area contributed by atoms with Crippen molar-refractivity contribution in [1.29, 1.82) is 0 Å². The molecule has 1 unspecified atom stereocenters. The van der Waals surface area contributed by atoms with E-state index in [-0.39, 0.29) is 17.1 Å². The first kappa shape index (κ1) is 14.9. The molecule has 1 aliphatic carbocycles. The van der Waals surface area contributed by atoms with Crippen molar-refractivity contribution >= 4 is 11.6 Å². The van der Waals surface area contributed by atoms with Crippen molar-refractivity contribution < 1.29 is 13.2 Å². The predicted octanol–water partition coefficient (Wildman–Crippen LogP) is 3.39. The van der Waals surface area contributed by atoms with Gasteiger partial charge < -0.3 is 10.6 Å². The Hall–Kier alpha value is -1.53. The standard InChI is InChI=1S/C13H19F3N4/c1-4-17-9-5-10(18-7-8-6-12(8,2)3)20-11(19-9)13(14,15)16/h5,8H,4,6-7H2,1-3H3,(H2,17,18,19,20). The van der Waals surface area contributed by atoms with Crippen LogP contribution < -0.4 is 10.6 Å². The van der Waals surface area contributed by atoms with Gasteiger partial charge >= 0.3 is 6.18 Å². The van der Waals surface area contributed by atoms with E-state index in [4.69, 9.17) is 0 Å². The Balaban J connectivity index is 2.12. The summed E-state index contributed by atoms with van der Waals surface area (Å²) in [7, 11) is 0. The van der Waals surface area contributed by atoms with Crippen LogP contribution in [0.5, 0.6) is 0 Å². The van der Waals surface area contributed by atoms with Crippen molar-refractivity contribution in [3.05, 3.63) is 11.9 Å². The largest absolute Gasteiger partial charge is 0.451 e. The average Bonchev–Trinajstić information content (AvgIpc) is 2.94. The topological polar surface area (TPSA) is 49.8 Å². The predicted molar refractivity (Wildman–Crippen MR) is 71.6 cm³/mol. The molecule has 1 heterocycles. The van der Waals surface area contributed by atoms with Crippen LogP contribution in [-0.2, 0) is 6.18 Å². The molecule has 7 heteroatoms. The second kappa shape index (κ2) is 5.10. The number of aromatic nitrogens is 2. The van der Waals surface area contributed by atoms with Crippen molar-refractivity contribution in [3.8, 4) is 0 Å². The lowest BCUT2D eigenvalue weighted by Crippen LogP contribution is -2.16. The number of halogens is 3. The summed E-state index contributed by atoms with van der Waals surface area (Å²) >= 11 is 0. The van der Waals surface area contributed by atoms with Crippen molar-refractivity contribution in [3.63, 3.8) is 0 Å². The molecule has 0 amide bonds. The molecule has 0 aromatic carbocycles. The van der Waals surface area contributed by atoms with Crippen LogP contribution in [0.1, 0.15) is 33.0 Å². The van der Waals surface area contributed by atoms with Crippen molar-refractivity contribution in [2.24, 2.45) is 11.3 Å². The van der Waals surface area contributed by atoms with Crippen LogP contribution >= 0.6 is 0 Å². The lowest BCUT2D eigenvalue weighted by Gasteiger charge is -2.12. The van der Waals surface area contributed by atoms with Crippen LogP contribution in [0.2, 0.25) is 0 Å². The number of anilines is 2. The maximum Gasteiger partial charge on any atom is 0.451 e. The van der Waals surface area contributed by atoms with E-state index in [0.717, 1.165) is 6.42 Å². The Morgan fingerprint density at radius 3 is 2.25 bits per heavy atom. The minimum absolute atomic E-state index is 0.187. The van der Waals surface area contributed by atoms with Crippen molar-refractivity contribution in [1.82, 2.24) is 9.97 Å². The molecule has 112 valence electrons. The minimum Gasteiger partial charge on any atom is -0.370 e. The van der Waals surface area contributed by atoms with Crippen LogP contribution in [0.4, 0.5) is 24.8 Å². The monoisotopic (exact) mass is 288 g/mol. The lowest BCUT2D eigenvalue weighted by molar-refractivity contribution is -0.144. The van der Waals surface area contributed by atoms with E-state index in [0.29, 0.717) is 19.0 Å². The van der Waals surface area contributed by atoms with Gasteiger partial charge in [0.15, 0.2) is 0 Å². The Labute approximate surface area is 116 Å². The summed E-state index contributed by atoms with van der Waals surface area (Å²) in [5.74, 6) is -0.235. The highest BCUT2D eigenvalue weighted by Gasteiger charge is 2.45. The maximum atomic E-state index is 12.7. The van der Waals surface area contributed by atoms with Gasteiger partial charge in [-0.3, -0.25) is 0 Å². The molecule has 1 atom stereocenters. The molecule has 2 rings (SSSR count). The van der Waals surface area contributed by atoms with E-state index in [1.54, 1.807) is 6.92 Å². The highest BCUT2D eigenvalue weighted by Crippen LogP contribution is 2.51. The van der Waals surface area contributed by atoms with Gasteiger partial charge in [0.2, 0.25) is 5.82 Å². The van der Waals surface area contributed by atoms with Crippen LogP contribution in [0.25, 0.3) is 0 Å². The smallest absolute Gasteiger partial charge is 0.370 e. The molecule has 1 fully saturated rings. The average molecular weight is 288 g/mol. The molecule has 0 spiro atoms. The van der Waals surface area contributed by atoms with Crippen molar-refractivity contribution in [2.45, 2.75) is 33.4 Å². The summed E-state index contributed by atoms with van der Waals surface area (Å²) in [6.07, 6.45) is -3.46. The first-order valence-corrected chi connectivity index (χ1v) is 6.66. The van der Waals surface area contributed by atoms with Crippen molar-refractivity contribution in [2.75, 3.05) is 23.7 Å². The minimum atomic E-state index is -4.54. The fraction of sp³-hybridized carbons (Fsp3) is 0.692. The second-order valence-electron chi connectivity index (χ2n) is 5.76. The van der Waals surface area contributed by atoms with Gasteiger partial charge in [0.05, 0.1) is 0 Å². The third-order valence-corrected chi connectivity index (χ3v) is 3.58.